The zero-order valence-corrected chi connectivity index (χ0v) is 15.8. The molecule has 0 saturated carbocycles. The predicted molar refractivity (Wildman–Crippen MR) is 100 cm³/mol. The highest BCUT2D eigenvalue weighted by molar-refractivity contribution is 5.94. The highest BCUT2D eigenvalue weighted by atomic mass is 19.1. The van der Waals surface area contributed by atoms with Gasteiger partial charge in [0.15, 0.2) is 0 Å². The quantitative estimate of drug-likeness (QED) is 0.800. The van der Waals surface area contributed by atoms with Gasteiger partial charge in [-0.25, -0.2) is 8.78 Å². The molecule has 0 aliphatic carbocycles. The summed E-state index contributed by atoms with van der Waals surface area (Å²) in [6.45, 7) is 4.79. The summed E-state index contributed by atoms with van der Waals surface area (Å²) in [6.07, 6.45) is 0.0924. The number of halogens is 2. The molecule has 0 saturated heterocycles. The Bertz CT molecular complexity index is 804. The third-order valence-electron chi connectivity index (χ3n) is 4.29. The maximum atomic E-state index is 13.6. The van der Waals surface area contributed by atoms with Crippen molar-refractivity contribution in [3.8, 4) is 0 Å². The third kappa shape index (κ3) is 5.88. The number of benzene rings is 2. The number of nitrogens with zero attached hydrogens (tertiary/aromatic N) is 1. The first kappa shape index (κ1) is 20.6. The Morgan fingerprint density at radius 3 is 2.33 bits per heavy atom. The third-order valence-corrected chi connectivity index (χ3v) is 4.29. The topological polar surface area (TPSA) is 49.4 Å². The first-order chi connectivity index (χ1) is 12.8. The molecule has 0 bridgehead atoms. The monoisotopic (exact) mass is 374 g/mol. The smallest absolute Gasteiger partial charge is 0.254 e. The molecule has 0 spiro atoms. The normalized spacial score (nSPS) is 10.7. The van der Waals surface area contributed by atoms with E-state index in [0.29, 0.717) is 18.5 Å². The summed E-state index contributed by atoms with van der Waals surface area (Å²) in [5.41, 5.74) is 2.01. The molecule has 144 valence electrons. The molecule has 27 heavy (non-hydrogen) atoms. The largest absolute Gasteiger partial charge is 0.351 e. The molecule has 6 heteroatoms. The van der Waals surface area contributed by atoms with E-state index < -0.39 is 17.5 Å². The van der Waals surface area contributed by atoms with Gasteiger partial charge in [0.05, 0.1) is 5.56 Å². The minimum Gasteiger partial charge on any atom is -0.351 e. The lowest BCUT2D eigenvalue weighted by Gasteiger charge is -2.18. The van der Waals surface area contributed by atoms with Crippen molar-refractivity contribution in [2.45, 2.75) is 32.7 Å². The van der Waals surface area contributed by atoms with Gasteiger partial charge in [-0.3, -0.25) is 9.59 Å². The van der Waals surface area contributed by atoms with Crippen LogP contribution >= 0.6 is 0 Å². The van der Waals surface area contributed by atoms with E-state index in [9.17, 15) is 18.4 Å². The number of amides is 2. The number of nitrogens with one attached hydrogen (secondary N) is 1. The Kier molecular flexibility index (Phi) is 7.05. The van der Waals surface area contributed by atoms with Crippen LogP contribution in [0.15, 0.2) is 42.5 Å². The fraction of sp³-hybridized carbons (Fsp3) is 0.333. The van der Waals surface area contributed by atoms with Crippen molar-refractivity contribution in [1.82, 2.24) is 10.2 Å². The molecule has 0 fully saturated rings. The van der Waals surface area contributed by atoms with Crippen LogP contribution in [0.2, 0.25) is 0 Å². The molecule has 0 aliphatic heterocycles. The van der Waals surface area contributed by atoms with Gasteiger partial charge in [0.1, 0.15) is 11.6 Å². The summed E-state index contributed by atoms with van der Waals surface area (Å²) < 4.78 is 26.4. The minimum atomic E-state index is -0.930. The lowest BCUT2D eigenvalue weighted by atomic mass is 10.0. The molecule has 0 heterocycles. The van der Waals surface area contributed by atoms with Gasteiger partial charge >= 0.3 is 0 Å². The highest BCUT2D eigenvalue weighted by Gasteiger charge is 2.14. The van der Waals surface area contributed by atoms with E-state index in [1.165, 1.54) is 5.56 Å². The van der Waals surface area contributed by atoms with Crippen LogP contribution in [0, 0.1) is 11.6 Å². The first-order valence-electron chi connectivity index (χ1n) is 8.84. The second-order valence-electron chi connectivity index (χ2n) is 6.78. The molecule has 2 aromatic rings. The molecular formula is C21H24F2N2O2. The number of rotatable bonds is 7. The minimum absolute atomic E-state index is 0.0745. The fourth-order valence-electron chi connectivity index (χ4n) is 2.61. The van der Waals surface area contributed by atoms with E-state index in [-0.39, 0.29) is 24.4 Å². The van der Waals surface area contributed by atoms with Crippen molar-refractivity contribution < 1.29 is 18.4 Å². The van der Waals surface area contributed by atoms with Gasteiger partial charge in [-0.1, -0.05) is 38.1 Å². The van der Waals surface area contributed by atoms with Crippen LogP contribution in [-0.2, 0) is 11.3 Å². The Morgan fingerprint density at radius 1 is 1.07 bits per heavy atom. The van der Waals surface area contributed by atoms with E-state index in [0.717, 1.165) is 17.7 Å². The van der Waals surface area contributed by atoms with Crippen molar-refractivity contribution in [2.24, 2.45) is 0 Å². The Labute approximate surface area is 158 Å². The van der Waals surface area contributed by atoms with Crippen molar-refractivity contribution in [3.05, 3.63) is 70.8 Å². The number of hydrogen-bond acceptors (Lipinski definition) is 2. The van der Waals surface area contributed by atoms with Gasteiger partial charge in [0, 0.05) is 32.6 Å². The summed E-state index contributed by atoms with van der Waals surface area (Å²) in [7, 11) is 1.69. The van der Waals surface area contributed by atoms with Crippen LogP contribution in [0.4, 0.5) is 8.78 Å². The summed E-state index contributed by atoms with van der Waals surface area (Å²) in [6, 6.07) is 10.8. The average molecular weight is 374 g/mol. The number of hydrogen-bond donors (Lipinski definition) is 1. The second-order valence-corrected chi connectivity index (χ2v) is 6.78. The van der Waals surface area contributed by atoms with E-state index >= 15 is 0 Å². The zero-order chi connectivity index (χ0) is 20.0. The van der Waals surface area contributed by atoms with Crippen molar-refractivity contribution in [2.75, 3.05) is 13.6 Å². The molecule has 2 rings (SSSR count). The Morgan fingerprint density at radius 2 is 1.74 bits per heavy atom. The second kappa shape index (κ2) is 9.26. The molecule has 4 nitrogen and oxygen atoms in total. The maximum absolute atomic E-state index is 13.6. The molecule has 0 aromatic heterocycles. The molecule has 0 radical (unpaired) electrons. The van der Waals surface area contributed by atoms with Gasteiger partial charge in [-0.15, -0.1) is 0 Å². The van der Waals surface area contributed by atoms with Gasteiger partial charge in [0.25, 0.3) is 5.91 Å². The van der Waals surface area contributed by atoms with E-state index in [1.54, 1.807) is 11.9 Å². The van der Waals surface area contributed by atoms with E-state index in [4.69, 9.17) is 0 Å². The maximum Gasteiger partial charge on any atom is 0.254 e. The summed E-state index contributed by atoms with van der Waals surface area (Å²) in [5, 5.41) is 2.48. The van der Waals surface area contributed by atoms with Gasteiger partial charge in [-0.05, 0) is 29.2 Å². The van der Waals surface area contributed by atoms with Crippen LogP contribution in [0.1, 0.15) is 47.7 Å². The number of carbonyl (C=O) groups excluding carboxylic acids is 2. The molecule has 0 aliphatic rings. The molecule has 1 N–H and O–H groups in total. The lowest BCUT2D eigenvalue weighted by molar-refractivity contribution is -0.130. The fourth-order valence-corrected chi connectivity index (χ4v) is 2.61. The van der Waals surface area contributed by atoms with Crippen molar-refractivity contribution in [1.29, 1.82) is 0 Å². The van der Waals surface area contributed by atoms with Crippen molar-refractivity contribution in [3.63, 3.8) is 0 Å². The molecule has 0 unspecified atom stereocenters. The van der Waals surface area contributed by atoms with E-state index in [2.05, 4.69) is 31.3 Å². The lowest BCUT2D eigenvalue weighted by Crippen LogP contribution is -2.32. The Balaban J connectivity index is 1.81. The zero-order valence-electron chi connectivity index (χ0n) is 15.8. The van der Waals surface area contributed by atoms with Crippen LogP contribution in [0.5, 0.6) is 0 Å². The summed E-state index contributed by atoms with van der Waals surface area (Å²) in [5.74, 6) is -2.04. The van der Waals surface area contributed by atoms with Gasteiger partial charge < -0.3 is 10.2 Å². The van der Waals surface area contributed by atoms with Crippen LogP contribution < -0.4 is 5.32 Å². The highest BCUT2D eigenvalue weighted by Crippen LogP contribution is 2.15. The summed E-state index contributed by atoms with van der Waals surface area (Å²) in [4.78, 5) is 25.7. The van der Waals surface area contributed by atoms with E-state index in [1.807, 2.05) is 12.1 Å². The molecular weight excluding hydrogens is 350 g/mol. The van der Waals surface area contributed by atoms with Gasteiger partial charge in [-0.2, -0.15) is 0 Å². The standard InChI is InChI=1S/C21H24F2N2O2/c1-14(2)16-6-4-15(5-7-16)13-25(3)20(26)10-11-24-21(27)18-9-8-17(22)12-19(18)23/h4-9,12,14H,10-11,13H2,1-3H3,(H,24,27). The first-order valence-corrected chi connectivity index (χ1v) is 8.84. The summed E-state index contributed by atoms with van der Waals surface area (Å²) >= 11 is 0. The van der Waals surface area contributed by atoms with Crippen molar-refractivity contribution >= 4 is 11.8 Å². The van der Waals surface area contributed by atoms with Crippen LogP contribution in [-0.4, -0.2) is 30.3 Å². The predicted octanol–water partition coefficient (Wildman–Crippen LogP) is 3.87. The number of carbonyl (C=O) groups is 2. The van der Waals surface area contributed by atoms with Crippen LogP contribution in [0.3, 0.4) is 0 Å². The molecule has 2 amide bonds. The van der Waals surface area contributed by atoms with Gasteiger partial charge in [0.2, 0.25) is 5.91 Å². The Hall–Kier alpha value is -2.76. The average Bonchev–Trinajstić information content (AvgIpc) is 2.61. The molecule has 0 atom stereocenters. The van der Waals surface area contributed by atoms with Crippen LogP contribution in [0.25, 0.3) is 0 Å². The molecule has 2 aromatic carbocycles. The SMILES string of the molecule is CC(C)c1ccc(CN(C)C(=O)CCNC(=O)c2ccc(F)cc2F)cc1.